The summed E-state index contributed by atoms with van der Waals surface area (Å²) in [5.74, 6) is 0. The van der Waals surface area contributed by atoms with E-state index in [-0.39, 0.29) is 6.04 Å². The van der Waals surface area contributed by atoms with E-state index in [1.807, 2.05) is 26.2 Å². The minimum atomic E-state index is -0.344. The Bertz CT molecular complexity index is 415. The molecule has 0 amide bonds. The lowest BCUT2D eigenvalue weighted by Crippen LogP contribution is -2.29. The fourth-order valence-electron chi connectivity index (χ4n) is 1.39. The van der Waals surface area contributed by atoms with Crippen molar-refractivity contribution in [2.75, 3.05) is 27.2 Å². The molecule has 0 spiro atoms. The van der Waals surface area contributed by atoms with E-state index in [9.17, 15) is 5.26 Å². The summed E-state index contributed by atoms with van der Waals surface area (Å²) in [7, 11) is 4.00. The Hall–Kier alpha value is -0.600. The number of likely N-dealkylation sites (N-methyl/N-ethyl adjacent to an activating group) is 1. The SMILES string of the molecule is CN(C)CCNC(C#N)c1cc(Cl)ccc1Br. The van der Waals surface area contributed by atoms with Gasteiger partial charge in [-0.25, -0.2) is 0 Å². The minimum Gasteiger partial charge on any atom is -0.308 e. The lowest BCUT2D eigenvalue weighted by Gasteiger charge is -2.16. The molecule has 1 aromatic carbocycles. The zero-order valence-corrected chi connectivity index (χ0v) is 12.2. The molecule has 0 radical (unpaired) electrons. The number of nitrogens with zero attached hydrogens (tertiary/aromatic N) is 2. The number of benzene rings is 1. The number of nitrogens with one attached hydrogen (secondary N) is 1. The van der Waals surface area contributed by atoms with Crippen LogP contribution in [-0.4, -0.2) is 32.1 Å². The second-order valence-corrected chi connectivity index (χ2v) is 5.28. The van der Waals surface area contributed by atoms with Crippen molar-refractivity contribution in [2.45, 2.75) is 6.04 Å². The number of nitriles is 1. The second kappa shape index (κ2) is 6.97. The van der Waals surface area contributed by atoms with Crippen molar-refractivity contribution in [2.24, 2.45) is 0 Å². The molecule has 1 aromatic rings. The van der Waals surface area contributed by atoms with Gasteiger partial charge >= 0.3 is 0 Å². The molecule has 5 heteroatoms. The maximum absolute atomic E-state index is 9.17. The average molecular weight is 317 g/mol. The molecule has 0 saturated carbocycles. The van der Waals surface area contributed by atoms with Gasteiger partial charge in [0.25, 0.3) is 0 Å². The minimum absolute atomic E-state index is 0.344. The van der Waals surface area contributed by atoms with E-state index in [1.165, 1.54) is 0 Å². The van der Waals surface area contributed by atoms with Crippen LogP contribution < -0.4 is 5.32 Å². The lowest BCUT2D eigenvalue weighted by atomic mass is 10.1. The highest BCUT2D eigenvalue weighted by Crippen LogP contribution is 2.26. The molecule has 0 saturated heterocycles. The first-order chi connectivity index (χ1) is 8.04. The monoisotopic (exact) mass is 315 g/mol. The lowest BCUT2D eigenvalue weighted by molar-refractivity contribution is 0.395. The van der Waals surface area contributed by atoms with E-state index in [0.717, 1.165) is 23.1 Å². The van der Waals surface area contributed by atoms with Gasteiger partial charge in [0, 0.05) is 22.6 Å². The largest absolute Gasteiger partial charge is 0.308 e. The molecular formula is C12H15BrClN3. The highest BCUT2D eigenvalue weighted by molar-refractivity contribution is 9.10. The number of hydrogen-bond acceptors (Lipinski definition) is 3. The summed E-state index contributed by atoms with van der Waals surface area (Å²) in [6.07, 6.45) is 0. The molecule has 3 nitrogen and oxygen atoms in total. The third-order valence-electron chi connectivity index (χ3n) is 2.31. The van der Waals surface area contributed by atoms with E-state index in [0.29, 0.717) is 5.02 Å². The molecule has 0 fully saturated rings. The summed E-state index contributed by atoms with van der Waals surface area (Å²) in [6, 6.07) is 7.36. The number of hydrogen-bond donors (Lipinski definition) is 1. The van der Waals surface area contributed by atoms with E-state index in [1.54, 1.807) is 6.07 Å². The first-order valence-corrected chi connectivity index (χ1v) is 6.44. The van der Waals surface area contributed by atoms with Crippen LogP contribution in [0, 0.1) is 11.3 Å². The first-order valence-electron chi connectivity index (χ1n) is 5.27. The summed E-state index contributed by atoms with van der Waals surface area (Å²) in [5.41, 5.74) is 0.874. The third kappa shape index (κ3) is 4.64. The predicted molar refractivity (Wildman–Crippen MR) is 74.1 cm³/mol. The van der Waals surface area contributed by atoms with E-state index in [4.69, 9.17) is 11.6 Å². The molecule has 0 aliphatic rings. The summed E-state index contributed by atoms with van der Waals surface area (Å²) in [6.45, 7) is 1.64. The van der Waals surface area contributed by atoms with E-state index < -0.39 is 0 Å². The quantitative estimate of drug-likeness (QED) is 0.908. The topological polar surface area (TPSA) is 39.1 Å². The van der Waals surface area contributed by atoms with Crippen LogP contribution in [0.2, 0.25) is 5.02 Å². The van der Waals surface area contributed by atoms with Crippen molar-refractivity contribution in [3.63, 3.8) is 0 Å². The molecule has 1 N–H and O–H groups in total. The number of halogens is 2. The molecule has 1 rings (SSSR count). The second-order valence-electron chi connectivity index (χ2n) is 3.99. The van der Waals surface area contributed by atoms with Gasteiger partial charge in [-0.2, -0.15) is 5.26 Å². The van der Waals surface area contributed by atoms with Gasteiger partial charge in [0.2, 0.25) is 0 Å². The van der Waals surface area contributed by atoms with Crippen LogP contribution in [0.5, 0.6) is 0 Å². The predicted octanol–water partition coefficient (Wildman–Crippen LogP) is 2.82. The highest BCUT2D eigenvalue weighted by Gasteiger charge is 2.13. The molecule has 1 unspecified atom stereocenters. The molecular weight excluding hydrogens is 302 g/mol. The fraction of sp³-hybridized carbons (Fsp3) is 0.417. The Morgan fingerprint density at radius 1 is 1.53 bits per heavy atom. The Morgan fingerprint density at radius 2 is 2.24 bits per heavy atom. The van der Waals surface area contributed by atoms with Crippen molar-refractivity contribution in [3.05, 3.63) is 33.3 Å². The average Bonchev–Trinajstić information content (AvgIpc) is 2.28. The zero-order chi connectivity index (χ0) is 12.8. The molecule has 1 atom stereocenters. The van der Waals surface area contributed by atoms with Gasteiger partial charge in [0.05, 0.1) is 6.07 Å². The molecule has 0 aromatic heterocycles. The van der Waals surface area contributed by atoms with Crippen molar-refractivity contribution in [1.82, 2.24) is 10.2 Å². The van der Waals surface area contributed by atoms with Crippen molar-refractivity contribution < 1.29 is 0 Å². The van der Waals surface area contributed by atoms with Gasteiger partial charge in [-0.05, 0) is 37.9 Å². The summed E-state index contributed by atoms with van der Waals surface area (Å²) in [4.78, 5) is 2.06. The van der Waals surface area contributed by atoms with Gasteiger partial charge in [0.15, 0.2) is 0 Å². The normalized spacial score (nSPS) is 12.5. The van der Waals surface area contributed by atoms with E-state index >= 15 is 0 Å². The Kier molecular flexibility index (Phi) is 5.93. The van der Waals surface area contributed by atoms with Crippen molar-refractivity contribution in [1.29, 1.82) is 5.26 Å². The summed E-state index contributed by atoms with van der Waals surface area (Å²) in [5, 5.41) is 13.0. The summed E-state index contributed by atoms with van der Waals surface area (Å²) >= 11 is 9.37. The van der Waals surface area contributed by atoms with Crippen LogP contribution in [0.3, 0.4) is 0 Å². The van der Waals surface area contributed by atoms with Crippen LogP contribution in [0.15, 0.2) is 22.7 Å². The Labute approximate surface area is 115 Å². The first kappa shape index (κ1) is 14.5. The van der Waals surface area contributed by atoms with Crippen LogP contribution in [0.4, 0.5) is 0 Å². The maximum Gasteiger partial charge on any atom is 0.122 e. The molecule has 92 valence electrons. The van der Waals surface area contributed by atoms with Crippen LogP contribution in [-0.2, 0) is 0 Å². The molecule has 17 heavy (non-hydrogen) atoms. The zero-order valence-electron chi connectivity index (χ0n) is 9.87. The van der Waals surface area contributed by atoms with Gasteiger partial charge in [0.1, 0.15) is 6.04 Å². The van der Waals surface area contributed by atoms with Crippen LogP contribution in [0.1, 0.15) is 11.6 Å². The van der Waals surface area contributed by atoms with Crippen LogP contribution >= 0.6 is 27.5 Å². The summed E-state index contributed by atoms with van der Waals surface area (Å²) < 4.78 is 0.894. The van der Waals surface area contributed by atoms with Gasteiger partial charge in [-0.3, -0.25) is 5.32 Å². The molecule has 0 bridgehead atoms. The number of rotatable bonds is 5. The van der Waals surface area contributed by atoms with Gasteiger partial charge in [-0.15, -0.1) is 0 Å². The molecule has 0 heterocycles. The van der Waals surface area contributed by atoms with Crippen molar-refractivity contribution in [3.8, 4) is 6.07 Å². The van der Waals surface area contributed by atoms with E-state index in [2.05, 4.69) is 32.2 Å². The van der Waals surface area contributed by atoms with Crippen LogP contribution in [0.25, 0.3) is 0 Å². The standard InChI is InChI=1S/C12H15BrClN3/c1-17(2)6-5-16-12(8-15)10-7-9(14)3-4-11(10)13/h3-4,7,12,16H,5-6H2,1-2H3. The maximum atomic E-state index is 9.17. The van der Waals surface area contributed by atoms with Gasteiger partial charge < -0.3 is 4.90 Å². The third-order valence-corrected chi connectivity index (χ3v) is 3.26. The molecule has 0 aliphatic heterocycles. The van der Waals surface area contributed by atoms with Crippen molar-refractivity contribution >= 4 is 27.5 Å². The Balaban J connectivity index is 2.73. The highest BCUT2D eigenvalue weighted by atomic mass is 79.9. The Morgan fingerprint density at radius 3 is 2.82 bits per heavy atom. The fourth-order valence-corrected chi connectivity index (χ4v) is 2.05. The smallest absolute Gasteiger partial charge is 0.122 e. The van der Waals surface area contributed by atoms with Gasteiger partial charge in [-0.1, -0.05) is 27.5 Å². The molecule has 0 aliphatic carbocycles.